The first-order valence-electron chi connectivity index (χ1n) is 4.95. The maximum atomic E-state index is 10.9. The highest BCUT2D eigenvalue weighted by Crippen LogP contribution is 2.13. The van der Waals surface area contributed by atoms with Crippen molar-refractivity contribution in [3.63, 3.8) is 0 Å². The summed E-state index contributed by atoms with van der Waals surface area (Å²) in [5.74, 6) is 0.662. The highest BCUT2D eigenvalue weighted by molar-refractivity contribution is 5.21. The largest absolute Gasteiger partial charge is 0.519 e. The average Bonchev–Trinajstić information content (AvgIpc) is 2.60. The molecule has 15 heavy (non-hydrogen) atoms. The van der Waals surface area contributed by atoms with E-state index >= 15 is 0 Å². The van der Waals surface area contributed by atoms with E-state index < -0.39 is 5.82 Å². The van der Waals surface area contributed by atoms with Crippen molar-refractivity contribution in [2.75, 3.05) is 0 Å². The molecule has 3 heteroatoms. The van der Waals surface area contributed by atoms with Crippen LogP contribution in [0.2, 0.25) is 0 Å². The SMILES string of the molecule is CCc1oc(=O)oc1Cc1ccccc1. The normalized spacial score (nSPS) is 10.5. The van der Waals surface area contributed by atoms with Gasteiger partial charge in [-0.05, 0) is 5.56 Å². The molecule has 0 fully saturated rings. The van der Waals surface area contributed by atoms with E-state index in [1.807, 2.05) is 37.3 Å². The van der Waals surface area contributed by atoms with Gasteiger partial charge in [0.05, 0.1) is 0 Å². The van der Waals surface area contributed by atoms with Crippen LogP contribution in [0.25, 0.3) is 0 Å². The first kappa shape index (κ1) is 9.77. The number of hydrogen-bond acceptors (Lipinski definition) is 3. The molecule has 1 aromatic carbocycles. The Hall–Kier alpha value is -1.77. The summed E-state index contributed by atoms with van der Waals surface area (Å²) in [7, 11) is 0. The fraction of sp³-hybridized carbons (Fsp3) is 0.250. The van der Waals surface area contributed by atoms with Crippen LogP contribution in [0.15, 0.2) is 44.0 Å². The van der Waals surface area contributed by atoms with Crippen LogP contribution in [0.3, 0.4) is 0 Å². The lowest BCUT2D eigenvalue weighted by molar-refractivity contribution is 0.368. The van der Waals surface area contributed by atoms with Gasteiger partial charge in [-0.25, -0.2) is 4.79 Å². The summed E-state index contributed by atoms with van der Waals surface area (Å²) in [6.07, 6.45) is 1.28. The van der Waals surface area contributed by atoms with Crippen molar-refractivity contribution in [3.05, 3.63) is 58.0 Å². The molecule has 0 saturated heterocycles. The van der Waals surface area contributed by atoms with E-state index in [4.69, 9.17) is 8.83 Å². The summed E-state index contributed by atoms with van der Waals surface area (Å²) in [5, 5.41) is 0. The molecular formula is C12H12O3. The number of hydrogen-bond donors (Lipinski definition) is 0. The zero-order valence-electron chi connectivity index (χ0n) is 8.53. The fourth-order valence-corrected chi connectivity index (χ4v) is 1.52. The molecule has 0 atom stereocenters. The van der Waals surface area contributed by atoms with Gasteiger partial charge < -0.3 is 8.83 Å². The van der Waals surface area contributed by atoms with E-state index in [1.54, 1.807) is 0 Å². The molecule has 0 aliphatic rings. The summed E-state index contributed by atoms with van der Waals surface area (Å²) in [6, 6.07) is 9.85. The molecule has 0 amide bonds. The predicted molar refractivity (Wildman–Crippen MR) is 55.9 cm³/mol. The Morgan fingerprint density at radius 2 is 1.73 bits per heavy atom. The first-order chi connectivity index (χ1) is 7.29. The molecule has 1 aromatic heterocycles. The van der Waals surface area contributed by atoms with Crippen molar-refractivity contribution >= 4 is 0 Å². The Morgan fingerprint density at radius 1 is 1.07 bits per heavy atom. The smallest absolute Gasteiger partial charge is 0.396 e. The molecule has 0 spiro atoms. The van der Waals surface area contributed by atoms with Gasteiger partial charge in [0, 0.05) is 12.8 Å². The highest BCUT2D eigenvalue weighted by Gasteiger charge is 2.10. The Labute approximate surface area is 87.3 Å². The quantitative estimate of drug-likeness (QED) is 0.770. The summed E-state index contributed by atoms with van der Waals surface area (Å²) in [6.45, 7) is 1.93. The van der Waals surface area contributed by atoms with Gasteiger partial charge in [-0.2, -0.15) is 0 Å². The molecule has 0 aliphatic heterocycles. The van der Waals surface area contributed by atoms with Gasteiger partial charge in [0.1, 0.15) is 5.76 Å². The molecule has 0 saturated carbocycles. The van der Waals surface area contributed by atoms with Gasteiger partial charge in [-0.1, -0.05) is 37.3 Å². The molecule has 78 valence electrons. The van der Waals surface area contributed by atoms with Crippen LogP contribution < -0.4 is 5.82 Å². The van der Waals surface area contributed by atoms with Crippen LogP contribution in [-0.2, 0) is 12.8 Å². The summed E-state index contributed by atoms with van der Waals surface area (Å²) >= 11 is 0. The van der Waals surface area contributed by atoms with Crippen molar-refractivity contribution in [2.45, 2.75) is 19.8 Å². The van der Waals surface area contributed by atoms with Crippen LogP contribution in [0.1, 0.15) is 24.0 Å². The van der Waals surface area contributed by atoms with Crippen molar-refractivity contribution in [3.8, 4) is 0 Å². The average molecular weight is 204 g/mol. The van der Waals surface area contributed by atoms with E-state index in [0.717, 1.165) is 5.56 Å². The number of benzene rings is 1. The van der Waals surface area contributed by atoms with E-state index in [2.05, 4.69) is 0 Å². The Morgan fingerprint density at radius 3 is 2.40 bits per heavy atom. The lowest BCUT2D eigenvalue weighted by atomic mass is 10.1. The molecular weight excluding hydrogens is 192 g/mol. The lowest BCUT2D eigenvalue weighted by Crippen LogP contribution is -1.90. The van der Waals surface area contributed by atoms with Crippen molar-refractivity contribution in [1.82, 2.24) is 0 Å². The van der Waals surface area contributed by atoms with Crippen LogP contribution in [0.4, 0.5) is 0 Å². The van der Waals surface area contributed by atoms with E-state index in [-0.39, 0.29) is 0 Å². The molecule has 0 aliphatic carbocycles. The third-order valence-electron chi connectivity index (χ3n) is 2.25. The second-order valence-corrected chi connectivity index (χ2v) is 3.32. The second-order valence-electron chi connectivity index (χ2n) is 3.32. The van der Waals surface area contributed by atoms with Crippen LogP contribution in [0, 0.1) is 0 Å². The Kier molecular flexibility index (Phi) is 2.72. The van der Waals surface area contributed by atoms with Gasteiger partial charge in [0.25, 0.3) is 0 Å². The van der Waals surface area contributed by atoms with E-state index in [1.165, 1.54) is 0 Å². The molecule has 0 radical (unpaired) electrons. The van der Waals surface area contributed by atoms with Crippen molar-refractivity contribution in [2.24, 2.45) is 0 Å². The maximum Gasteiger partial charge on any atom is 0.519 e. The maximum absolute atomic E-state index is 10.9. The molecule has 0 N–H and O–H groups in total. The number of rotatable bonds is 3. The van der Waals surface area contributed by atoms with Crippen molar-refractivity contribution in [1.29, 1.82) is 0 Å². The van der Waals surface area contributed by atoms with Gasteiger partial charge >= 0.3 is 5.82 Å². The van der Waals surface area contributed by atoms with Crippen LogP contribution >= 0.6 is 0 Å². The summed E-state index contributed by atoms with van der Waals surface area (Å²) in [4.78, 5) is 10.9. The zero-order valence-corrected chi connectivity index (χ0v) is 8.53. The van der Waals surface area contributed by atoms with Crippen LogP contribution in [0.5, 0.6) is 0 Å². The fourth-order valence-electron chi connectivity index (χ4n) is 1.52. The van der Waals surface area contributed by atoms with Crippen LogP contribution in [-0.4, -0.2) is 0 Å². The minimum Gasteiger partial charge on any atom is -0.396 e. The molecule has 3 nitrogen and oxygen atoms in total. The molecule has 0 bridgehead atoms. The third kappa shape index (κ3) is 2.18. The van der Waals surface area contributed by atoms with Gasteiger partial charge in [-0.3, -0.25) is 0 Å². The monoisotopic (exact) mass is 204 g/mol. The van der Waals surface area contributed by atoms with Gasteiger partial charge in [-0.15, -0.1) is 0 Å². The first-order valence-corrected chi connectivity index (χ1v) is 4.95. The predicted octanol–water partition coefficient (Wildman–Crippen LogP) is 2.39. The summed E-state index contributed by atoms with van der Waals surface area (Å²) < 4.78 is 9.90. The minimum atomic E-state index is -0.613. The molecule has 1 heterocycles. The van der Waals surface area contributed by atoms with Gasteiger partial charge in [0.2, 0.25) is 0 Å². The minimum absolute atomic E-state index is 0.607. The molecule has 2 rings (SSSR count). The highest BCUT2D eigenvalue weighted by atomic mass is 16.6. The van der Waals surface area contributed by atoms with Crippen molar-refractivity contribution < 1.29 is 8.83 Å². The zero-order chi connectivity index (χ0) is 10.7. The molecule has 0 unspecified atom stereocenters. The Bertz CT molecular complexity index is 479. The molecule has 2 aromatic rings. The second kappa shape index (κ2) is 4.17. The van der Waals surface area contributed by atoms with E-state index in [0.29, 0.717) is 24.4 Å². The topological polar surface area (TPSA) is 43.4 Å². The lowest BCUT2D eigenvalue weighted by Gasteiger charge is -1.97. The summed E-state index contributed by atoms with van der Waals surface area (Å²) in [5.41, 5.74) is 1.11. The van der Waals surface area contributed by atoms with Gasteiger partial charge in [0.15, 0.2) is 5.76 Å². The third-order valence-corrected chi connectivity index (χ3v) is 2.25. The standard InChI is InChI=1S/C12H12O3/c1-2-10-11(15-12(13)14-10)8-9-6-4-3-5-7-9/h3-7H,2,8H2,1H3. The Balaban J connectivity index is 2.28. The van der Waals surface area contributed by atoms with E-state index in [9.17, 15) is 4.79 Å². The number of aryl methyl sites for hydroxylation is 1.